The van der Waals surface area contributed by atoms with Crippen molar-refractivity contribution in [2.45, 2.75) is 77.2 Å². The molecule has 1 atom stereocenters. The van der Waals surface area contributed by atoms with Gasteiger partial charge in [0, 0.05) is 12.5 Å². The molecule has 0 saturated carbocycles. The maximum atomic E-state index is 12.2. The Bertz CT molecular complexity index is 943. The molecule has 0 fully saturated rings. The lowest BCUT2D eigenvalue weighted by molar-refractivity contribution is -0.134. The number of fused-ring (bicyclic) bond motifs is 1. The van der Waals surface area contributed by atoms with Crippen LogP contribution in [-0.2, 0) is 11.2 Å². The van der Waals surface area contributed by atoms with E-state index in [1.54, 1.807) is 0 Å². The highest BCUT2D eigenvalue weighted by atomic mass is 16.5. The minimum absolute atomic E-state index is 0.177. The van der Waals surface area contributed by atoms with E-state index < -0.39 is 0 Å². The number of esters is 1. The van der Waals surface area contributed by atoms with Crippen molar-refractivity contribution < 1.29 is 9.53 Å². The van der Waals surface area contributed by atoms with E-state index in [4.69, 9.17) is 11.2 Å². The monoisotopic (exact) mass is 471 g/mol. The number of terminal acetylenes is 1. The summed E-state index contributed by atoms with van der Waals surface area (Å²) in [6.07, 6.45) is 36.4. The first-order chi connectivity index (χ1) is 17.2. The van der Waals surface area contributed by atoms with Gasteiger partial charge in [-0.3, -0.25) is 10.1 Å². The molecule has 35 heavy (non-hydrogen) atoms. The van der Waals surface area contributed by atoms with Gasteiger partial charge in [0.2, 0.25) is 0 Å². The van der Waals surface area contributed by atoms with E-state index in [2.05, 4.69) is 85.0 Å². The summed E-state index contributed by atoms with van der Waals surface area (Å²) in [5.74, 6) is 3.07. The largest absolute Gasteiger partial charge is 0.427 e. The lowest BCUT2D eigenvalue weighted by Crippen LogP contribution is -2.19. The van der Waals surface area contributed by atoms with Crippen molar-refractivity contribution in [2.75, 3.05) is 6.54 Å². The number of carbonyl (C=O) groups excluding carboxylic acids is 1. The van der Waals surface area contributed by atoms with Gasteiger partial charge < -0.3 is 4.74 Å². The number of unbranched alkanes of at least 4 members (excludes halogenated alkanes) is 1. The number of hydrogen-bond donors (Lipinski definition) is 1. The Labute approximate surface area is 212 Å². The minimum Gasteiger partial charge on any atom is -0.427 e. The number of aryl methyl sites for hydroxylation is 1. The van der Waals surface area contributed by atoms with Crippen molar-refractivity contribution in [1.29, 1.82) is 0 Å². The van der Waals surface area contributed by atoms with E-state index in [-0.39, 0.29) is 12.0 Å². The van der Waals surface area contributed by atoms with Crippen molar-refractivity contribution >= 4 is 5.97 Å². The molecule has 0 unspecified atom stereocenters. The van der Waals surface area contributed by atoms with Crippen LogP contribution in [0.5, 0.6) is 5.75 Å². The van der Waals surface area contributed by atoms with Gasteiger partial charge in [-0.15, -0.1) is 6.42 Å². The SMILES string of the molecule is C#CCN[C@@H]1CCc2ccc(OC(=O)CCCC=CCC=CCC=CCC=CCC=CCC)cc21. The Hall–Kier alpha value is -3.09. The van der Waals surface area contributed by atoms with Crippen LogP contribution in [0, 0.1) is 12.3 Å². The highest BCUT2D eigenvalue weighted by Gasteiger charge is 2.22. The van der Waals surface area contributed by atoms with E-state index in [0.717, 1.165) is 57.8 Å². The summed E-state index contributed by atoms with van der Waals surface area (Å²) in [6, 6.07) is 6.19. The molecule has 0 spiro atoms. The van der Waals surface area contributed by atoms with Crippen LogP contribution in [0.2, 0.25) is 0 Å². The molecule has 0 aliphatic heterocycles. The molecule has 0 heterocycles. The summed E-state index contributed by atoms with van der Waals surface area (Å²) in [7, 11) is 0. The van der Waals surface area contributed by atoms with Crippen LogP contribution in [0.25, 0.3) is 0 Å². The van der Waals surface area contributed by atoms with Crippen LogP contribution in [0.15, 0.2) is 79.0 Å². The summed E-state index contributed by atoms with van der Waals surface area (Å²) in [4.78, 5) is 12.2. The smallest absolute Gasteiger partial charge is 0.311 e. The van der Waals surface area contributed by atoms with Crippen molar-refractivity contribution in [3.05, 3.63) is 90.1 Å². The van der Waals surface area contributed by atoms with Gasteiger partial charge in [0.15, 0.2) is 0 Å². The van der Waals surface area contributed by atoms with Gasteiger partial charge in [-0.1, -0.05) is 79.7 Å². The fraction of sp³-hybridized carbons (Fsp3) is 0.406. The second-order valence-corrected chi connectivity index (χ2v) is 8.61. The zero-order valence-electron chi connectivity index (χ0n) is 21.3. The fourth-order valence-corrected chi connectivity index (χ4v) is 3.95. The molecule has 0 radical (unpaired) electrons. The Morgan fingerprint density at radius 1 is 1.00 bits per heavy atom. The number of hydrogen-bond acceptors (Lipinski definition) is 3. The first-order valence-electron chi connectivity index (χ1n) is 13.0. The molecule has 186 valence electrons. The lowest BCUT2D eigenvalue weighted by atomic mass is 10.1. The van der Waals surface area contributed by atoms with Crippen molar-refractivity contribution in [2.24, 2.45) is 0 Å². The average Bonchev–Trinajstić information content (AvgIpc) is 3.26. The zero-order valence-corrected chi connectivity index (χ0v) is 21.3. The average molecular weight is 472 g/mol. The van der Waals surface area contributed by atoms with Gasteiger partial charge in [-0.25, -0.2) is 0 Å². The summed E-state index contributed by atoms with van der Waals surface area (Å²) < 4.78 is 5.57. The standard InChI is InChI=1S/C32H41NO2/c1-3-5-6-7-8-9-10-11-12-13-14-15-16-17-18-19-20-21-32(34)35-29-24-22-28-23-25-31(30(28)27-29)33-26-4-2/h2,5-6,8-9,11-12,14-15,17-18,22,24,27,31,33H,3,7,10,13,16,19-21,23,25-26H2,1H3/t31-/m1/s1. The molecule has 1 aromatic rings. The molecule has 3 heteroatoms. The third-order valence-corrected chi connectivity index (χ3v) is 5.79. The number of rotatable bonds is 16. The van der Waals surface area contributed by atoms with Crippen LogP contribution in [0.1, 0.15) is 81.9 Å². The third kappa shape index (κ3) is 12.3. The van der Waals surface area contributed by atoms with Gasteiger partial charge in [0.1, 0.15) is 5.75 Å². The molecule has 0 aromatic heterocycles. The van der Waals surface area contributed by atoms with Gasteiger partial charge in [0.05, 0.1) is 6.54 Å². The van der Waals surface area contributed by atoms with Crippen LogP contribution in [-0.4, -0.2) is 12.5 Å². The highest BCUT2D eigenvalue weighted by molar-refractivity contribution is 5.72. The fourth-order valence-electron chi connectivity index (χ4n) is 3.95. The predicted octanol–water partition coefficient (Wildman–Crippen LogP) is 7.72. The molecule has 0 amide bonds. The van der Waals surface area contributed by atoms with Crippen LogP contribution in [0.3, 0.4) is 0 Å². The zero-order chi connectivity index (χ0) is 25.0. The molecule has 3 nitrogen and oxygen atoms in total. The number of nitrogens with one attached hydrogen (secondary N) is 1. The lowest BCUT2D eigenvalue weighted by Gasteiger charge is -2.13. The maximum absolute atomic E-state index is 12.2. The third-order valence-electron chi connectivity index (χ3n) is 5.79. The van der Waals surface area contributed by atoms with Crippen LogP contribution >= 0.6 is 0 Å². The summed E-state index contributed by atoms with van der Waals surface area (Å²) >= 11 is 0. The molecule has 1 aliphatic carbocycles. The van der Waals surface area contributed by atoms with Crippen molar-refractivity contribution in [3.8, 4) is 18.1 Å². The number of carbonyl (C=O) groups is 1. The van der Waals surface area contributed by atoms with Gasteiger partial charge >= 0.3 is 5.97 Å². The second kappa shape index (κ2) is 18.3. The topological polar surface area (TPSA) is 38.3 Å². The van der Waals surface area contributed by atoms with Crippen molar-refractivity contribution in [3.63, 3.8) is 0 Å². The van der Waals surface area contributed by atoms with Gasteiger partial charge in [-0.2, -0.15) is 0 Å². The van der Waals surface area contributed by atoms with Gasteiger partial charge in [0.25, 0.3) is 0 Å². The van der Waals surface area contributed by atoms with E-state index in [0.29, 0.717) is 18.7 Å². The second-order valence-electron chi connectivity index (χ2n) is 8.61. The first kappa shape index (κ1) is 28.1. The molecule has 0 saturated heterocycles. The maximum Gasteiger partial charge on any atom is 0.311 e. The van der Waals surface area contributed by atoms with Crippen molar-refractivity contribution in [1.82, 2.24) is 5.32 Å². The summed E-state index contributed by atoms with van der Waals surface area (Å²) in [6.45, 7) is 2.70. The first-order valence-corrected chi connectivity index (χ1v) is 13.0. The van der Waals surface area contributed by atoms with E-state index in [1.165, 1.54) is 11.1 Å². The molecule has 2 rings (SSSR count). The van der Waals surface area contributed by atoms with E-state index >= 15 is 0 Å². The normalized spacial score (nSPS) is 15.7. The molecular weight excluding hydrogens is 430 g/mol. The van der Waals surface area contributed by atoms with E-state index in [9.17, 15) is 4.79 Å². The molecule has 0 bridgehead atoms. The summed E-state index contributed by atoms with van der Waals surface area (Å²) in [5.41, 5.74) is 2.50. The van der Waals surface area contributed by atoms with Gasteiger partial charge in [-0.05, 0) is 81.0 Å². The number of allylic oxidation sites excluding steroid dienone is 10. The Kier molecular flexibility index (Phi) is 14.7. The quantitative estimate of drug-likeness (QED) is 0.0881. The minimum atomic E-state index is -0.177. The molecule has 1 N–H and O–H groups in total. The predicted molar refractivity (Wildman–Crippen MR) is 148 cm³/mol. The Balaban J connectivity index is 1.54. The molecule has 1 aliphatic rings. The summed E-state index contributed by atoms with van der Waals surface area (Å²) in [5, 5.41) is 3.36. The molecular formula is C32H41NO2. The highest BCUT2D eigenvalue weighted by Crippen LogP contribution is 2.33. The van der Waals surface area contributed by atoms with Crippen LogP contribution in [0.4, 0.5) is 0 Å². The number of benzene rings is 1. The molecule has 1 aromatic carbocycles. The Morgan fingerprint density at radius 2 is 1.63 bits per heavy atom. The van der Waals surface area contributed by atoms with Crippen LogP contribution < -0.4 is 10.1 Å². The number of ether oxygens (including phenoxy) is 1. The van der Waals surface area contributed by atoms with E-state index in [1.807, 2.05) is 12.1 Å². The Morgan fingerprint density at radius 3 is 2.26 bits per heavy atom.